The molecule has 1 aromatic rings. The van der Waals surface area contributed by atoms with E-state index in [2.05, 4.69) is 35.1 Å². The molecule has 3 N–H and O–H groups in total. The van der Waals surface area contributed by atoms with Gasteiger partial charge in [0.05, 0.1) is 5.02 Å². The van der Waals surface area contributed by atoms with Gasteiger partial charge >= 0.3 is 0 Å². The summed E-state index contributed by atoms with van der Waals surface area (Å²) in [4.78, 5) is 0. The summed E-state index contributed by atoms with van der Waals surface area (Å²) >= 11 is 9.37. The predicted molar refractivity (Wildman–Crippen MR) is 70.5 cm³/mol. The van der Waals surface area contributed by atoms with E-state index in [-0.39, 0.29) is 5.54 Å². The van der Waals surface area contributed by atoms with Crippen LogP contribution in [0.2, 0.25) is 5.02 Å². The summed E-state index contributed by atoms with van der Waals surface area (Å²) < 4.78 is 0.903. The Hall–Kier alpha value is -0.250. The number of halogens is 2. The molecule has 0 bridgehead atoms. The normalized spacial score (nSPS) is 14.7. The summed E-state index contributed by atoms with van der Waals surface area (Å²) in [6.45, 7) is 4.81. The van der Waals surface area contributed by atoms with Gasteiger partial charge in [0.15, 0.2) is 0 Å². The summed E-state index contributed by atoms with van der Waals surface area (Å²) in [5.74, 6) is 0. The van der Waals surface area contributed by atoms with Crippen LogP contribution in [0.5, 0.6) is 0 Å². The van der Waals surface area contributed by atoms with Gasteiger partial charge in [-0.25, -0.2) is 0 Å². The van der Waals surface area contributed by atoms with Crippen molar-refractivity contribution in [3.05, 3.63) is 27.7 Å². The van der Waals surface area contributed by atoms with Crippen LogP contribution in [0.1, 0.15) is 20.3 Å². The van der Waals surface area contributed by atoms with Crippen LogP contribution in [-0.4, -0.2) is 12.1 Å². The van der Waals surface area contributed by atoms with Crippen LogP contribution < -0.4 is 11.1 Å². The molecular formula is C11H16BrClN2. The van der Waals surface area contributed by atoms with Gasteiger partial charge < -0.3 is 11.1 Å². The van der Waals surface area contributed by atoms with Crippen LogP contribution in [0.4, 0.5) is 5.69 Å². The van der Waals surface area contributed by atoms with Gasteiger partial charge in [0.25, 0.3) is 0 Å². The molecule has 0 aliphatic heterocycles. The fraction of sp³-hybridized carbons (Fsp3) is 0.455. The molecule has 0 heterocycles. The van der Waals surface area contributed by atoms with Crippen molar-refractivity contribution in [2.45, 2.75) is 25.8 Å². The average Bonchev–Trinajstić information content (AvgIpc) is 2.23. The van der Waals surface area contributed by atoms with Crippen molar-refractivity contribution in [3.8, 4) is 0 Å². The molecule has 2 nitrogen and oxygen atoms in total. The molecule has 1 rings (SSSR count). The lowest BCUT2D eigenvalue weighted by Crippen LogP contribution is -2.41. The van der Waals surface area contributed by atoms with Crippen LogP contribution in [0, 0.1) is 0 Å². The number of rotatable bonds is 4. The molecule has 0 aliphatic rings. The Kier molecular flexibility index (Phi) is 4.44. The highest BCUT2D eigenvalue weighted by atomic mass is 79.9. The quantitative estimate of drug-likeness (QED) is 0.889. The van der Waals surface area contributed by atoms with Crippen molar-refractivity contribution in [3.63, 3.8) is 0 Å². The first-order valence-corrected chi connectivity index (χ1v) is 6.11. The van der Waals surface area contributed by atoms with Crippen molar-refractivity contribution in [2.75, 3.05) is 11.9 Å². The summed E-state index contributed by atoms with van der Waals surface area (Å²) in [6, 6.07) is 5.81. The Labute approximate surface area is 104 Å². The monoisotopic (exact) mass is 290 g/mol. The van der Waals surface area contributed by atoms with E-state index in [1.807, 2.05) is 18.2 Å². The Morgan fingerprint density at radius 2 is 2.20 bits per heavy atom. The first-order chi connectivity index (χ1) is 7.00. The number of nitrogens with one attached hydrogen (secondary N) is 1. The second kappa shape index (κ2) is 5.19. The molecule has 0 aliphatic carbocycles. The van der Waals surface area contributed by atoms with Crippen LogP contribution in [-0.2, 0) is 0 Å². The number of hydrogen-bond donors (Lipinski definition) is 2. The lowest BCUT2D eigenvalue weighted by molar-refractivity contribution is 0.506. The zero-order valence-corrected chi connectivity index (χ0v) is 11.3. The van der Waals surface area contributed by atoms with Gasteiger partial charge in [-0.15, -0.1) is 0 Å². The van der Waals surface area contributed by atoms with Crippen LogP contribution in [0.3, 0.4) is 0 Å². The van der Waals surface area contributed by atoms with E-state index >= 15 is 0 Å². The van der Waals surface area contributed by atoms with E-state index in [4.69, 9.17) is 17.3 Å². The fourth-order valence-corrected chi connectivity index (χ4v) is 1.63. The lowest BCUT2D eigenvalue weighted by atomic mass is 9.99. The Balaban J connectivity index is 2.85. The molecule has 1 atom stereocenters. The van der Waals surface area contributed by atoms with Crippen molar-refractivity contribution in [1.29, 1.82) is 0 Å². The van der Waals surface area contributed by atoms with E-state index in [0.717, 1.165) is 16.6 Å². The maximum atomic E-state index is 6.01. The minimum Gasteiger partial charge on any atom is -0.379 e. The number of hydrogen-bond acceptors (Lipinski definition) is 2. The molecule has 0 amide bonds. The third-order valence-corrected chi connectivity index (χ3v) is 3.83. The van der Waals surface area contributed by atoms with Crippen LogP contribution in [0.25, 0.3) is 0 Å². The second-order valence-corrected chi connectivity index (χ2v) is 5.13. The fourth-order valence-electron chi connectivity index (χ4n) is 1.21. The van der Waals surface area contributed by atoms with Gasteiger partial charge in [-0.05, 0) is 47.5 Å². The highest BCUT2D eigenvalue weighted by Crippen LogP contribution is 2.27. The third kappa shape index (κ3) is 3.37. The molecule has 1 unspecified atom stereocenters. The molecule has 0 fully saturated rings. The zero-order chi connectivity index (χ0) is 11.5. The van der Waals surface area contributed by atoms with Crippen molar-refractivity contribution < 1.29 is 0 Å². The average molecular weight is 292 g/mol. The number of nitrogens with two attached hydrogens (primary N) is 1. The molecule has 0 saturated heterocycles. The summed E-state index contributed by atoms with van der Waals surface area (Å²) in [6.07, 6.45) is 0.969. The molecule has 0 spiro atoms. The molecule has 15 heavy (non-hydrogen) atoms. The Bertz CT molecular complexity index is 337. The lowest BCUT2D eigenvalue weighted by Gasteiger charge is -2.29. The maximum absolute atomic E-state index is 6.01. The Morgan fingerprint density at radius 3 is 2.67 bits per heavy atom. The largest absolute Gasteiger partial charge is 0.379 e. The highest BCUT2D eigenvalue weighted by molar-refractivity contribution is 9.10. The molecule has 4 heteroatoms. The van der Waals surface area contributed by atoms with Crippen LogP contribution in [0.15, 0.2) is 22.7 Å². The van der Waals surface area contributed by atoms with E-state index in [1.54, 1.807) is 0 Å². The van der Waals surface area contributed by atoms with Gasteiger partial charge in [-0.2, -0.15) is 0 Å². The van der Waals surface area contributed by atoms with Gasteiger partial charge in [-0.3, -0.25) is 0 Å². The smallest absolute Gasteiger partial charge is 0.0568 e. The van der Waals surface area contributed by atoms with Gasteiger partial charge in [-0.1, -0.05) is 18.5 Å². The summed E-state index contributed by atoms with van der Waals surface area (Å²) in [7, 11) is 0. The van der Waals surface area contributed by atoms with E-state index in [9.17, 15) is 0 Å². The first kappa shape index (κ1) is 12.8. The SMILES string of the molecule is CCC(C)(CN)Nc1ccc(Br)c(Cl)c1. The van der Waals surface area contributed by atoms with Crippen molar-refractivity contribution in [1.82, 2.24) is 0 Å². The number of benzene rings is 1. The second-order valence-electron chi connectivity index (χ2n) is 3.87. The van der Waals surface area contributed by atoms with Gasteiger partial charge in [0.2, 0.25) is 0 Å². The van der Waals surface area contributed by atoms with E-state index in [1.165, 1.54) is 0 Å². The highest BCUT2D eigenvalue weighted by Gasteiger charge is 2.19. The molecule has 0 aromatic heterocycles. The van der Waals surface area contributed by atoms with E-state index in [0.29, 0.717) is 11.6 Å². The third-order valence-electron chi connectivity index (χ3n) is 2.60. The molecular weight excluding hydrogens is 275 g/mol. The van der Waals surface area contributed by atoms with Crippen molar-refractivity contribution >= 4 is 33.2 Å². The van der Waals surface area contributed by atoms with Crippen molar-refractivity contribution in [2.24, 2.45) is 5.73 Å². The Morgan fingerprint density at radius 1 is 1.53 bits per heavy atom. The summed E-state index contributed by atoms with van der Waals surface area (Å²) in [5, 5.41) is 4.10. The first-order valence-electron chi connectivity index (χ1n) is 4.94. The number of anilines is 1. The minimum atomic E-state index is -0.0723. The standard InChI is InChI=1S/C11H16BrClN2/c1-3-11(2,7-14)15-8-4-5-9(12)10(13)6-8/h4-6,15H,3,7,14H2,1-2H3. The molecule has 1 aromatic carbocycles. The zero-order valence-electron chi connectivity index (χ0n) is 8.98. The van der Waals surface area contributed by atoms with Gasteiger partial charge in [0, 0.05) is 22.2 Å². The van der Waals surface area contributed by atoms with Gasteiger partial charge in [0.1, 0.15) is 0 Å². The minimum absolute atomic E-state index is 0.0723. The van der Waals surface area contributed by atoms with Crippen LogP contribution >= 0.6 is 27.5 Å². The maximum Gasteiger partial charge on any atom is 0.0568 e. The predicted octanol–water partition coefficient (Wildman–Crippen LogP) is 3.64. The molecule has 84 valence electrons. The summed E-state index contributed by atoms with van der Waals surface area (Å²) in [5.41, 5.74) is 6.65. The molecule has 0 saturated carbocycles. The molecule has 0 radical (unpaired) electrons. The topological polar surface area (TPSA) is 38.0 Å². The van der Waals surface area contributed by atoms with E-state index < -0.39 is 0 Å².